The van der Waals surface area contributed by atoms with E-state index < -0.39 is 0 Å². The summed E-state index contributed by atoms with van der Waals surface area (Å²) in [4.78, 5) is 13.3. The van der Waals surface area contributed by atoms with E-state index in [1.54, 1.807) is 0 Å². The van der Waals surface area contributed by atoms with Crippen molar-refractivity contribution >= 4 is 65.8 Å². The van der Waals surface area contributed by atoms with Crippen LogP contribution >= 0.6 is 0 Å². The van der Waals surface area contributed by atoms with Gasteiger partial charge in [0.25, 0.3) is 0 Å². The van der Waals surface area contributed by atoms with Gasteiger partial charge < -0.3 is 13.3 Å². The van der Waals surface area contributed by atoms with Crippen LogP contribution in [0.5, 0.6) is 0 Å². The highest BCUT2D eigenvalue weighted by Crippen LogP contribution is 2.39. The normalized spacial score (nSPS) is 12.0. The predicted molar refractivity (Wildman–Crippen MR) is 200 cm³/mol. The zero-order valence-corrected chi connectivity index (χ0v) is 26.8. The van der Waals surface area contributed by atoms with E-state index in [0.717, 1.165) is 77.3 Å². The van der Waals surface area contributed by atoms with Crippen molar-refractivity contribution in [3.63, 3.8) is 0 Å². The SMILES string of the molecule is Cc1ccc2c(c1)oc1ccc(-c3cc(-c4ccc5c(=O)c6ccccc6oc5c4)cc(-c4ccc5oc6cc(C)ccc6c5c4)c3)cc12. The summed E-state index contributed by atoms with van der Waals surface area (Å²) in [5.74, 6) is 0. The van der Waals surface area contributed by atoms with E-state index in [9.17, 15) is 4.79 Å². The van der Waals surface area contributed by atoms with Gasteiger partial charge in [-0.25, -0.2) is 0 Å². The van der Waals surface area contributed by atoms with Crippen molar-refractivity contribution < 1.29 is 13.3 Å². The summed E-state index contributed by atoms with van der Waals surface area (Å²) in [7, 11) is 0. The second-order valence-electron chi connectivity index (χ2n) is 13.1. The first-order valence-electron chi connectivity index (χ1n) is 16.4. The number of para-hydroxylation sites is 1. The molecule has 0 fully saturated rings. The molecule has 4 nitrogen and oxygen atoms in total. The highest BCUT2D eigenvalue weighted by molar-refractivity contribution is 6.08. The van der Waals surface area contributed by atoms with Gasteiger partial charge in [-0.05, 0) is 137 Å². The smallest absolute Gasteiger partial charge is 0.200 e. The topological polar surface area (TPSA) is 56.5 Å². The molecule has 0 aliphatic heterocycles. The van der Waals surface area contributed by atoms with Crippen molar-refractivity contribution in [2.24, 2.45) is 0 Å². The second kappa shape index (κ2) is 10.3. The van der Waals surface area contributed by atoms with Crippen molar-refractivity contribution in [1.82, 2.24) is 0 Å². The Morgan fingerprint density at radius 2 is 0.755 bits per heavy atom. The molecule has 7 aromatic carbocycles. The third-order valence-corrected chi connectivity index (χ3v) is 9.76. The van der Waals surface area contributed by atoms with Crippen molar-refractivity contribution in [3.05, 3.63) is 155 Å². The summed E-state index contributed by atoms with van der Waals surface area (Å²) in [6.45, 7) is 4.16. The Morgan fingerprint density at radius 1 is 0.327 bits per heavy atom. The van der Waals surface area contributed by atoms with E-state index in [4.69, 9.17) is 13.3 Å². The van der Waals surface area contributed by atoms with Gasteiger partial charge in [0.05, 0.1) is 10.8 Å². The molecule has 0 radical (unpaired) electrons. The standard InChI is InChI=1S/C45H28O4/c1-25-7-12-33-37-22-27(10-15-40(37)48-42(33)17-25)30-19-31(28-11-16-41-38(23-28)34-13-8-26(2)18-43(34)49-41)21-32(20-30)29-9-14-36-44(24-29)47-39-6-4-3-5-35(39)45(36)46/h3-24H,1-2H3. The lowest BCUT2D eigenvalue weighted by atomic mass is 9.92. The molecule has 10 rings (SSSR count). The Bertz CT molecular complexity index is 2910. The van der Waals surface area contributed by atoms with Crippen LogP contribution in [-0.4, -0.2) is 0 Å². The van der Waals surface area contributed by atoms with Gasteiger partial charge in [-0.1, -0.05) is 54.6 Å². The fourth-order valence-corrected chi connectivity index (χ4v) is 7.24. The summed E-state index contributed by atoms with van der Waals surface area (Å²) in [5, 5.41) is 5.52. The Labute approximate surface area is 280 Å². The largest absolute Gasteiger partial charge is 0.456 e. The van der Waals surface area contributed by atoms with E-state index in [1.807, 2.05) is 42.5 Å². The van der Waals surface area contributed by atoms with E-state index in [0.29, 0.717) is 21.9 Å². The minimum Gasteiger partial charge on any atom is -0.456 e. The number of benzene rings is 7. The molecular formula is C45H28O4. The van der Waals surface area contributed by atoms with Crippen LogP contribution < -0.4 is 5.43 Å². The lowest BCUT2D eigenvalue weighted by Gasteiger charge is -2.12. The molecule has 0 aliphatic carbocycles. The van der Waals surface area contributed by atoms with Crippen LogP contribution in [-0.2, 0) is 0 Å². The molecule has 0 amide bonds. The van der Waals surface area contributed by atoms with Crippen molar-refractivity contribution in [2.45, 2.75) is 13.8 Å². The maximum atomic E-state index is 13.3. The number of aryl methyl sites for hydroxylation is 2. The summed E-state index contributed by atoms with van der Waals surface area (Å²) < 4.78 is 18.7. The average Bonchev–Trinajstić information content (AvgIpc) is 3.67. The highest BCUT2D eigenvalue weighted by Gasteiger charge is 2.15. The zero-order valence-electron chi connectivity index (χ0n) is 26.8. The first-order chi connectivity index (χ1) is 23.9. The minimum absolute atomic E-state index is 0.0236. The molecule has 0 saturated carbocycles. The Hall–Kier alpha value is -6.39. The number of hydrogen-bond donors (Lipinski definition) is 0. The molecule has 0 unspecified atom stereocenters. The first kappa shape index (κ1) is 27.7. The maximum absolute atomic E-state index is 13.3. The third kappa shape index (κ3) is 4.41. The van der Waals surface area contributed by atoms with Crippen molar-refractivity contribution in [3.8, 4) is 33.4 Å². The van der Waals surface area contributed by atoms with Crippen LogP contribution in [0.1, 0.15) is 11.1 Å². The van der Waals surface area contributed by atoms with E-state index >= 15 is 0 Å². The van der Waals surface area contributed by atoms with Crippen LogP contribution in [0.2, 0.25) is 0 Å². The summed E-state index contributed by atoms with van der Waals surface area (Å²) >= 11 is 0. The van der Waals surface area contributed by atoms with Gasteiger partial charge in [0.15, 0.2) is 0 Å². The van der Waals surface area contributed by atoms with Crippen LogP contribution in [0.3, 0.4) is 0 Å². The Balaban J connectivity index is 1.20. The van der Waals surface area contributed by atoms with Crippen LogP contribution in [0.25, 0.3) is 99.2 Å². The Morgan fingerprint density at radius 3 is 1.33 bits per heavy atom. The number of fused-ring (bicyclic) bond motifs is 8. The van der Waals surface area contributed by atoms with Gasteiger partial charge in [-0.3, -0.25) is 4.79 Å². The maximum Gasteiger partial charge on any atom is 0.200 e. The minimum atomic E-state index is -0.0236. The van der Waals surface area contributed by atoms with Crippen molar-refractivity contribution in [2.75, 3.05) is 0 Å². The number of furan rings is 2. The molecule has 0 N–H and O–H groups in total. The first-order valence-corrected chi connectivity index (χ1v) is 16.4. The van der Waals surface area contributed by atoms with Gasteiger partial charge in [0.2, 0.25) is 5.43 Å². The molecule has 0 atom stereocenters. The summed E-state index contributed by atoms with van der Waals surface area (Å²) in [6, 6.07) is 45.5. The fraction of sp³-hybridized carbons (Fsp3) is 0.0444. The Kier molecular flexibility index (Phi) is 5.82. The quantitative estimate of drug-likeness (QED) is 0.182. The molecule has 3 heterocycles. The second-order valence-corrected chi connectivity index (χ2v) is 13.1. The summed E-state index contributed by atoms with van der Waals surface area (Å²) in [5.41, 5.74) is 13.3. The highest BCUT2D eigenvalue weighted by atomic mass is 16.3. The van der Waals surface area contributed by atoms with Crippen LogP contribution in [0, 0.1) is 13.8 Å². The molecule has 232 valence electrons. The predicted octanol–water partition coefficient (Wildman–Crippen LogP) is 12.4. The lowest BCUT2D eigenvalue weighted by Crippen LogP contribution is -2.01. The zero-order chi connectivity index (χ0) is 32.8. The lowest BCUT2D eigenvalue weighted by molar-refractivity contribution is 0.660. The van der Waals surface area contributed by atoms with Crippen LogP contribution in [0.4, 0.5) is 0 Å². The molecule has 10 aromatic rings. The van der Waals surface area contributed by atoms with E-state index in [-0.39, 0.29) is 5.43 Å². The van der Waals surface area contributed by atoms with Crippen molar-refractivity contribution in [1.29, 1.82) is 0 Å². The van der Waals surface area contributed by atoms with E-state index in [2.05, 4.69) is 105 Å². The average molecular weight is 633 g/mol. The number of rotatable bonds is 3. The molecule has 0 saturated heterocycles. The van der Waals surface area contributed by atoms with Gasteiger partial charge in [-0.15, -0.1) is 0 Å². The van der Waals surface area contributed by atoms with Gasteiger partial charge in [-0.2, -0.15) is 0 Å². The summed E-state index contributed by atoms with van der Waals surface area (Å²) in [6.07, 6.45) is 0. The molecule has 0 aliphatic rings. The molecule has 0 bridgehead atoms. The van der Waals surface area contributed by atoms with Gasteiger partial charge in [0.1, 0.15) is 33.5 Å². The fourth-order valence-electron chi connectivity index (χ4n) is 7.24. The van der Waals surface area contributed by atoms with E-state index in [1.165, 1.54) is 11.1 Å². The monoisotopic (exact) mass is 632 g/mol. The van der Waals surface area contributed by atoms with Gasteiger partial charge >= 0.3 is 0 Å². The molecule has 3 aromatic heterocycles. The molecule has 49 heavy (non-hydrogen) atoms. The molecule has 0 spiro atoms. The third-order valence-electron chi connectivity index (χ3n) is 9.76. The van der Waals surface area contributed by atoms with Crippen LogP contribution in [0.15, 0.2) is 152 Å². The number of hydrogen-bond acceptors (Lipinski definition) is 4. The molecule has 4 heteroatoms. The molecular weight excluding hydrogens is 604 g/mol. The van der Waals surface area contributed by atoms with Gasteiger partial charge in [0, 0.05) is 21.5 Å².